The SMILES string of the molecule is O=C(/C=C/c1cc(F)ccc1F)c1cccc(F)c1. The van der Waals surface area contributed by atoms with Gasteiger partial charge in [-0.2, -0.15) is 0 Å². The summed E-state index contributed by atoms with van der Waals surface area (Å²) in [5, 5.41) is 0. The first-order chi connectivity index (χ1) is 9.06. The molecule has 0 saturated heterocycles. The minimum Gasteiger partial charge on any atom is -0.289 e. The molecule has 0 aliphatic heterocycles. The van der Waals surface area contributed by atoms with Gasteiger partial charge >= 0.3 is 0 Å². The van der Waals surface area contributed by atoms with Crippen LogP contribution < -0.4 is 0 Å². The molecule has 0 aromatic heterocycles. The molecule has 1 nitrogen and oxygen atoms in total. The molecule has 0 aliphatic carbocycles. The average molecular weight is 262 g/mol. The third kappa shape index (κ3) is 3.31. The van der Waals surface area contributed by atoms with Crippen molar-refractivity contribution >= 4 is 11.9 Å². The Balaban J connectivity index is 2.23. The van der Waals surface area contributed by atoms with E-state index >= 15 is 0 Å². The van der Waals surface area contributed by atoms with Gasteiger partial charge in [-0.25, -0.2) is 13.2 Å². The Morgan fingerprint density at radius 1 is 0.947 bits per heavy atom. The number of hydrogen-bond acceptors (Lipinski definition) is 1. The van der Waals surface area contributed by atoms with Gasteiger partial charge in [0.05, 0.1) is 0 Å². The second-order valence-electron chi connectivity index (χ2n) is 3.87. The molecule has 0 aliphatic rings. The van der Waals surface area contributed by atoms with Gasteiger partial charge in [-0.1, -0.05) is 12.1 Å². The van der Waals surface area contributed by atoms with Crippen LogP contribution in [0.15, 0.2) is 48.5 Å². The lowest BCUT2D eigenvalue weighted by Crippen LogP contribution is -1.95. The number of hydrogen-bond donors (Lipinski definition) is 0. The maximum Gasteiger partial charge on any atom is 0.185 e. The normalized spacial score (nSPS) is 10.9. The Morgan fingerprint density at radius 2 is 1.68 bits per heavy atom. The quantitative estimate of drug-likeness (QED) is 0.603. The maximum atomic E-state index is 13.3. The first-order valence-corrected chi connectivity index (χ1v) is 5.49. The molecular weight excluding hydrogens is 253 g/mol. The second kappa shape index (κ2) is 5.52. The van der Waals surface area contributed by atoms with Crippen molar-refractivity contribution in [2.75, 3.05) is 0 Å². The fourth-order valence-electron chi connectivity index (χ4n) is 1.55. The number of benzene rings is 2. The Hall–Kier alpha value is -2.36. The van der Waals surface area contributed by atoms with E-state index in [2.05, 4.69) is 0 Å². The van der Waals surface area contributed by atoms with Crippen LogP contribution in [0.2, 0.25) is 0 Å². The number of ketones is 1. The zero-order valence-electron chi connectivity index (χ0n) is 9.74. The van der Waals surface area contributed by atoms with Crippen molar-refractivity contribution in [2.45, 2.75) is 0 Å². The lowest BCUT2D eigenvalue weighted by atomic mass is 10.1. The molecule has 2 aromatic rings. The molecule has 96 valence electrons. The van der Waals surface area contributed by atoms with E-state index < -0.39 is 23.2 Å². The van der Waals surface area contributed by atoms with Gasteiger partial charge in [0.15, 0.2) is 5.78 Å². The molecule has 4 heteroatoms. The van der Waals surface area contributed by atoms with Gasteiger partial charge in [-0.15, -0.1) is 0 Å². The summed E-state index contributed by atoms with van der Waals surface area (Å²) in [7, 11) is 0. The van der Waals surface area contributed by atoms with Crippen molar-refractivity contribution in [3.05, 3.63) is 77.1 Å². The Morgan fingerprint density at radius 3 is 2.42 bits per heavy atom. The highest BCUT2D eigenvalue weighted by molar-refractivity contribution is 6.06. The van der Waals surface area contributed by atoms with Crippen molar-refractivity contribution in [3.63, 3.8) is 0 Å². The van der Waals surface area contributed by atoms with Crippen LogP contribution in [0.1, 0.15) is 15.9 Å². The molecule has 0 bridgehead atoms. The zero-order valence-corrected chi connectivity index (χ0v) is 9.74. The molecule has 19 heavy (non-hydrogen) atoms. The number of rotatable bonds is 3. The van der Waals surface area contributed by atoms with E-state index in [-0.39, 0.29) is 11.1 Å². The van der Waals surface area contributed by atoms with Crippen molar-refractivity contribution in [1.82, 2.24) is 0 Å². The number of allylic oxidation sites excluding steroid dienone is 1. The third-order valence-corrected chi connectivity index (χ3v) is 2.48. The van der Waals surface area contributed by atoms with Crippen LogP contribution in [0.5, 0.6) is 0 Å². The van der Waals surface area contributed by atoms with Crippen LogP contribution in [0.25, 0.3) is 6.08 Å². The lowest BCUT2D eigenvalue weighted by Gasteiger charge is -1.98. The molecule has 0 spiro atoms. The summed E-state index contributed by atoms with van der Waals surface area (Å²) in [6.45, 7) is 0. The summed E-state index contributed by atoms with van der Waals surface area (Å²) < 4.78 is 39.1. The van der Waals surface area contributed by atoms with Crippen molar-refractivity contribution in [2.24, 2.45) is 0 Å². The van der Waals surface area contributed by atoms with Crippen LogP contribution in [-0.4, -0.2) is 5.78 Å². The van der Waals surface area contributed by atoms with Crippen molar-refractivity contribution < 1.29 is 18.0 Å². The molecule has 0 atom stereocenters. The zero-order chi connectivity index (χ0) is 13.8. The van der Waals surface area contributed by atoms with Crippen LogP contribution in [-0.2, 0) is 0 Å². The second-order valence-corrected chi connectivity index (χ2v) is 3.87. The van der Waals surface area contributed by atoms with E-state index in [1.165, 1.54) is 18.2 Å². The summed E-state index contributed by atoms with van der Waals surface area (Å²) in [5.74, 6) is -2.25. The fraction of sp³-hybridized carbons (Fsp3) is 0. The minimum atomic E-state index is -0.635. The number of halogens is 3. The summed E-state index contributed by atoms with van der Waals surface area (Å²) in [4.78, 5) is 11.7. The monoisotopic (exact) mass is 262 g/mol. The van der Waals surface area contributed by atoms with E-state index in [1.807, 2.05) is 0 Å². The van der Waals surface area contributed by atoms with E-state index in [4.69, 9.17) is 0 Å². The first kappa shape index (κ1) is 13.1. The third-order valence-electron chi connectivity index (χ3n) is 2.48. The van der Waals surface area contributed by atoms with E-state index in [1.54, 1.807) is 0 Å². The Labute approximate surface area is 108 Å². The largest absolute Gasteiger partial charge is 0.289 e. The maximum absolute atomic E-state index is 13.3. The highest BCUT2D eigenvalue weighted by Gasteiger charge is 2.04. The van der Waals surface area contributed by atoms with Gasteiger partial charge in [0, 0.05) is 11.1 Å². The predicted molar refractivity (Wildman–Crippen MR) is 66.1 cm³/mol. The van der Waals surface area contributed by atoms with Gasteiger partial charge in [0.25, 0.3) is 0 Å². The number of carbonyl (C=O) groups is 1. The molecule has 2 aromatic carbocycles. The van der Waals surface area contributed by atoms with Gasteiger partial charge in [-0.05, 0) is 42.5 Å². The van der Waals surface area contributed by atoms with E-state index in [0.717, 1.165) is 36.4 Å². The standard InChI is InChI=1S/C15H9F3O/c16-12-3-1-2-11(9-12)15(19)7-4-10-8-13(17)5-6-14(10)18/h1-9H/b7-4+. The van der Waals surface area contributed by atoms with Gasteiger partial charge in [-0.3, -0.25) is 4.79 Å². The molecule has 0 heterocycles. The topological polar surface area (TPSA) is 17.1 Å². The average Bonchev–Trinajstić information content (AvgIpc) is 2.39. The molecule has 0 amide bonds. The molecule has 0 saturated carbocycles. The fourth-order valence-corrected chi connectivity index (χ4v) is 1.55. The Kier molecular flexibility index (Phi) is 3.80. The van der Waals surface area contributed by atoms with Gasteiger partial charge < -0.3 is 0 Å². The van der Waals surface area contributed by atoms with E-state index in [0.29, 0.717) is 0 Å². The highest BCUT2D eigenvalue weighted by atomic mass is 19.1. The first-order valence-electron chi connectivity index (χ1n) is 5.49. The molecule has 2 rings (SSSR count). The highest BCUT2D eigenvalue weighted by Crippen LogP contribution is 2.12. The van der Waals surface area contributed by atoms with Gasteiger partial charge in [0.2, 0.25) is 0 Å². The lowest BCUT2D eigenvalue weighted by molar-refractivity contribution is 0.104. The van der Waals surface area contributed by atoms with Crippen LogP contribution >= 0.6 is 0 Å². The number of carbonyl (C=O) groups excluding carboxylic acids is 1. The predicted octanol–water partition coefficient (Wildman–Crippen LogP) is 4.00. The molecule has 0 unspecified atom stereocenters. The molecular formula is C15H9F3O. The molecule has 0 radical (unpaired) electrons. The summed E-state index contributed by atoms with van der Waals surface area (Å²) >= 11 is 0. The van der Waals surface area contributed by atoms with Crippen LogP contribution in [0.4, 0.5) is 13.2 Å². The summed E-state index contributed by atoms with van der Waals surface area (Å²) in [6, 6.07) is 8.08. The Bertz CT molecular complexity index is 648. The van der Waals surface area contributed by atoms with E-state index in [9.17, 15) is 18.0 Å². The molecule has 0 N–H and O–H groups in total. The van der Waals surface area contributed by atoms with Crippen LogP contribution in [0, 0.1) is 17.5 Å². The van der Waals surface area contributed by atoms with Crippen molar-refractivity contribution in [3.8, 4) is 0 Å². The van der Waals surface area contributed by atoms with Crippen LogP contribution in [0.3, 0.4) is 0 Å². The summed E-state index contributed by atoms with van der Waals surface area (Å²) in [5.41, 5.74) is 0.109. The smallest absolute Gasteiger partial charge is 0.185 e. The van der Waals surface area contributed by atoms with Gasteiger partial charge in [0.1, 0.15) is 17.5 Å². The minimum absolute atomic E-state index is 0.0373. The summed E-state index contributed by atoms with van der Waals surface area (Å²) in [6.07, 6.45) is 2.23. The van der Waals surface area contributed by atoms with Crippen molar-refractivity contribution in [1.29, 1.82) is 0 Å². The molecule has 0 fully saturated rings.